The molecule has 0 radical (unpaired) electrons. The number of rotatable bonds is 4. The van der Waals surface area contributed by atoms with Crippen molar-refractivity contribution < 1.29 is 18.7 Å². The zero-order chi connectivity index (χ0) is 11.4. The molecular weight excluding hydrogens is 199 g/mol. The first-order chi connectivity index (χ1) is 7.08. The summed E-state index contributed by atoms with van der Waals surface area (Å²) >= 11 is 0. The van der Waals surface area contributed by atoms with Gasteiger partial charge in [-0.15, -0.1) is 0 Å². The molecule has 1 aromatic rings. The highest BCUT2D eigenvalue weighted by molar-refractivity contribution is 5.79. The minimum Gasteiger partial charge on any atom is -0.496 e. The fraction of sp³-hybridized carbons (Fsp3) is 0.364. The zero-order valence-electron chi connectivity index (χ0n) is 8.91. The standard InChI is InChI=1S/C11H13FO3/c1-7(2)15-11-5-10(14-3)8(6-13)4-9(11)12/h4-7H,1-3H3. The van der Waals surface area contributed by atoms with Gasteiger partial charge in [0.05, 0.1) is 18.8 Å². The summed E-state index contributed by atoms with van der Waals surface area (Å²) in [7, 11) is 1.42. The Kier molecular flexibility index (Phi) is 3.66. The molecule has 1 aromatic carbocycles. The lowest BCUT2D eigenvalue weighted by molar-refractivity contribution is 0.112. The number of benzene rings is 1. The topological polar surface area (TPSA) is 35.5 Å². The Balaban J connectivity index is 3.13. The highest BCUT2D eigenvalue weighted by atomic mass is 19.1. The van der Waals surface area contributed by atoms with E-state index < -0.39 is 5.82 Å². The van der Waals surface area contributed by atoms with Crippen LogP contribution in [0.5, 0.6) is 11.5 Å². The van der Waals surface area contributed by atoms with Crippen LogP contribution in [-0.2, 0) is 0 Å². The van der Waals surface area contributed by atoms with Crippen molar-refractivity contribution in [1.82, 2.24) is 0 Å². The number of hydrogen-bond donors (Lipinski definition) is 0. The van der Waals surface area contributed by atoms with E-state index in [2.05, 4.69) is 0 Å². The van der Waals surface area contributed by atoms with Gasteiger partial charge in [0.15, 0.2) is 17.9 Å². The summed E-state index contributed by atoms with van der Waals surface area (Å²) in [5.41, 5.74) is 0.172. The van der Waals surface area contributed by atoms with E-state index in [0.29, 0.717) is 12.0 Å². The summed E-state index contributed by atoms with van der Waals surface area (Å²) in [6, 6.07) is 2.47. The Morgan fingerprint density at radius 2 is 2.00 bits per heavy atom. The smallest absolute Gasteiger partial charge is 0.166 e. The third kappa shape index (κ3) is 2.68. The maximum atomic E-state index is 13.4. The highest BCUT2D eigenvalue weighted by Gasteiger charge is 2.11. The summed E-state index contributed by atoms with van der Waals surface area (Å²) in [5.74, 6) is -0.166. The average molecular weight is 212 g/mol. The number of ether oxygens (including phenoxy) is 2. The number of halogens is 1. The molecule has 0 aliphatic rings. The predicted octanol–water partition coefficient (Wildman–Crippen LogP) is 2.43. The van der Waals surface area contributed by atoms with Crippen molar-refractivity contribution in [2.75, 3.05) is 7.11 Å². The van der Waals surface area contributed by atoms with Gasteiger partial charge in [-0.05, 0) is 19.9 Å². The molecule has 0 spiro atoms. The van der Waals surface area contributed by atoms with E-state index >= 15 is 0 Å². The highest BCUT2D eigenvalue weighted by Crippen LogP contribution is 2.27. The van der Waals surface area contributed by atoms with Gasteiger partial charge in [-0.25, -0.2) is 4.39 Å². The van der Waals surface area contributed by atoms with E-state index in [4.69, 9.17) is 9.47 Å². The van der Waals surface area contributed by atoms with Crippen LogP contribution in [0.15, 0.2) is 12.1 Å². The molecule has 0 saturated heterocycles. The molecule has 0 saturated carbocycles. The van der Waals surface area contributed by atoms with Crippen LogP contribution in [0.4, 0.5) is 4.39 Å². The van der Waals surface area contributed by atoms with Crippen LogP contribution in [0.1, 0.15) is 24.2 Å². The molecule has 0 aliphatic carbocycles. The first-order valence-electron chi connectivity index (χ1n) is 4.57. The Labute approximate surface area is 87.8 Å². The molecule has 4 heteroatoms. The first kappa shape index (κ1) is 11.5. The lowest BCUT2D eigenvalue weighted by atomic mass is 10.2. The lowest BCUT2D eigenvalue weighted by Gasteiger charge is -2.12. The van der Waals surface area contributed by atoms with Crippen molar-refractivity contribution in [2.24, 2.45) is 0 Å². The fourth-order valence-electron chi connectivity index (χ4n) is 1.16. The Hall–Kier alpha value is -1.58. The minimum atomic E-state index is -0.563. The van der Waals surface area contributed by atoms with Gasteiger partial charge in [-0.3, -0.25) is 4.79 Å². The van der Waals surface area contributed by atoms with E-state index in [-0.39, 0.29) is 17.4 Å². The van der Waals surface area contributed by atoms with Gasteiger partial charge in [-0.2, -0.15) is 0 Å². The van der Waals surface area contributed by atoms with Crippen molar-refractivity contribution in [3.8, 4) is 11.5 Å². The van der Waals surface area contributed by atoms with Crippen LogP contribution in [0.3, 0.4) is 0 Å². The summed E-state index contributed by atoms with van der Waals surface area (Å²) in [5, 5.41) is 0. The molecule has 82 valence electrons. The van der Waals surface area contributed by atoms with E-state index in [0.717, 1.165) is 6.07 Å². The number of methoxy groups -OCH3 is 1. The molecule has 0 bridgehead atoms. The molecule has 1 rings (SSSR count). The van der Waals surface area contributed by atoms with Gasteiger partial charge in [0.25, 0.3) is 0 Å². The maximum Gasteiger partial charge on any atom is 0.166 e. The van der Waals surface area contributed by atoms with Gasteiger partial charge in [0, 0.05) is 6.07 Å². The van der Waals surface area contributed by atoms with Gasteiger partial charge >= 0.3 is 0 Å². The second-order valence-electron chi connectivity index (χ2n) is 3.31. The van der Waals surface area contributed by atoms with Crippen LogP contribution < -0.4 is 9.47 Å². The molecule has 0 aliphatic heterocycles. The van der Waals surface area contributed by atoms with Gasteiger partial charge in [-0.1, -0.05) is 0 Å². The summed E-state index contributed by atoms with van der Waals surface area (Å²) in [6.45, 7) is 3.58. The number of carbonyl (C=O) groups excluding carboxylic acids is 1. The molecule has 3 nitrogen and oxygen atoms in total. The Morgan fingerprint density at radius 1 is 1.33 bits per heavy atom. The largest absolute Gasteiger partial charge is 0.496 e. The van der Waals surface area contributed by atoms with Gasteiger partial charge < -0.3 is 9.47 Å². The van der Waals surface area contributed by atoms with Crippen LogP contribution >= 0.6 is 0 Å². The normalized spacial score (nSPS) is 10.2. The van der Waals surface area contributed by atoms with E-state index in [1.54, 1.807) is 13.8 Å². The molecule has 0 atom stereocenters. The Morgan fingerprint density at radius 3 is 2.47 bits per heavy atom. The fourth-order valence-corrected chi connectivity index (χ4v) is 1.16. The van der Waals surface area contributed by atoms with Crippen molar-refractivity contribution in [2.45, 2.75) is 20.0 Å². The SMILES string of the molecule is COc1cc(OC(C)C)c(F)cc1C=O. The van der Waals surface area contributed by atoms with Crippen molar-refractivity contribution in [1.29, 1.82) is 0 Å². The third-order valence-electron chi connectivity index (χ3n) is 1.77. The Bertz CT molecular complexity index is 361. The second kappa shape index (κ2) is 4.77. The first-order valence-corrected chi connectivity index (χ1v) is 4.57. The van der Waals surface area contributed by atoms with Crippen LogP contribution in [0.2, 0.25) is 0 Å². The molecule has 0 N–H and O–H groups in total. The van der Waals surface area contributed by atoms with Crippen LogP contribution in [0, 0.1) is 5.82 Å². The van der Waals surface area contributed by atoms with Gasteiger partial charge in [0.1, 0.15) is 5.75 Å². The van der Waals surface area contributed by atoms with Crippen molar-refractivity contribution in [3.05, 3.63) is 23.5 Å². The third-order valence-corrected chi connectivity index (χ3v) is 1.77. The van der Waals surface area contributed by atoms with Crippen LogP contribution in [0.25, 0.3) is 0 Å². The molecule has 0 unspecified atom stereocenters. The van der Waals surface area contributed by atoms with E-state index in [1.165, 1.54) is 13.2 Å². The van der Waals surface area contributed by atoms with E-state index in [1.807, 2.05) is 0 Å². The molecule has 0 amide bonds. The average Bonchev–Trinajstić information content (AvgIpc) is 2.19. The summed E-state index contributed by atoms with van der Waals surface area (Å²) < 4.78 is 23.5. The molecule has 0 fully saturated rings. The van der Waals surface area contributed by atoms with Crippen LogP contribution in [-0.4, -0.2) is 19.5 Å². The van der Waals surface area contributed by atoms with Crippen molar-refractivity contribution in [3.63, 3.8) is 0 Å². The predicted molar refractivity (Wildman–Crippen MR) is 54.1 cm³/mol. The number of hydrogen-bond acceptors (Lipinski definition) is 3. The minimum absolute atomic E-state index is 0.0902. The van der Waals surface area contributed by atoms with Crippen molar-refractivity contribution >= 4 is 6.29 Å². The zero-order valence-corrected chi connectivity index (χ0v) is 8.91. The number of aldehydes is 1. The maximum absolute atomic E-state index is 13.4. The molecule has 0 aromatic heterocycles. The molecular formula is C11H13FO3. The van der Waals surface area contributed by atoms with E-state index in [9.17, 15) is 9.18 Å². The lowest BCUT2D eigenvalue weighted by Crippen LogP contribution is -2.07. The number of carbonyl (C=O) groups is 1. The quantitative estimate of drug-likeness (QED) is 0.719. The second-order valence-corrected chi connectivity index (χ2v) is 3.31. The molecule has 0 heterocycles. The van der Waals surface area contributed by atoms with Gasteiger partial charge in [0.2, 0.25) is 0 Å². The summed E-state index contributed by atoms with van der Waals surface area (Å²) in [4.78, 5) is 10.6. The molecule has 15 heavy (non-hydrogen) atoms. The summed E-state index contributed by atoms with van der Waals surface area (Å²) in [6.07, 6.45) is 0.410. The monoisotopic (exact) mass is 212 g/mol.